The fourth-order valence-electron chi connectivity index (χ4n) is 1.96. The zero-order valence-corrected chi connectivity index (χ0v) is 9.73. The van der Waals surface area contributed by atoms with E-state index in [2.05, 4.69) is 30.3 Å². The third-order valence-electron chi connectivity index (χ3n) is 2.91. The first kappa shape index (κ1) is 11.8. The lowest BCUT2D eigenvalue weighted by Crippen LogP contribution is -2.03. The van der Waals surface area contributed by atoms with Gasteiger partial charge in [-0.05, 0) is 29.2 Å². The Kier molecular flexibility index (Phi) is 3.89. The Hall–Kier alpha value is -1.67. The maximum absolute atomic E-state index is 11.0. The Morgan fingerprint density at radius 1 is 1.06 bits per heavy atom. The number of fused-ring (bicyclic) bond motifs is 1. The summed E-state index contributed by atoms with van der Waals surface area (Å²) in [7, 11) is 0. The highest BCUT2D eigenvalue weighted by Crippen LogP contribution is 2.16. The lowest BCUT2D eigenvalue weighted by molar-refractivity contribution is -0.121. The number of Topliss-reactive ketones (excluding diaryl/α,β-unsaturated/α-hetero) is 1. The minimum atomic E-state index is -0.336. The lowest BCUT2D eigenvalue weighted by atomic mass is 10.0. The van der Waals surface area contributed by atoms with Crippen molar-refractivity contribution < 1.29 is 9.90 Å². The van der Waals surface area contributed by atoms with Crippen LogP contribution in [0.15, 0.2) is 42.5 Å². The van der Waals surface area contributed by atoms with E-state index in [1.165, 1.54) is 16.3 Å². The maximum Gasteiger partial charge on any atom is 0.158 e. The highest BCUT2D eigenvalue weighted by atomic mass is 16.3. The number of carbonyl (C=O) groups is 1. The summed E-state index contributed by atoms with van der Waals surface area (Å²) < 4.78 is 0. The van der Waals surface area contributed by atoms with Gasteiger partial charge in [0.1, 0.15) is 6.61 Å². The largest absolute Gasteiger partial charge is 0.389 e. The zero-order chi connectivity index (χ0) is 12.1. The molecule has 0 saturated carbocycles. The van der Waals surface area contributed by atoms with Crippen molar-refractivity contribution in [2.24, 2.45) is 0 Å². The van der Waals surface area contributed by atoms with Gasteiger partial charge in [-0.3, -0.25) is 4.79 Å². The van der Waals surface area contributed by atoms with Crippen LogP contribution in [0.5, 0.6) is 0 Å². The van der Waals surface area contributed by atoms with Crippen LogP contribution < -0.4 is 0 Å². The van der Waals surface area contributed by atoms with E-state index in [4.69, 9.17) is 5.11 Å². The second kappa shape index (κ2) is 5.60. The fraction of sp³-hybridized carbons (Fsp3) is 0.267. The van der Waals surface area contributed by atoms with Crippen molar-refractivity contribution in [3.05, 3.63) is 48.0 Å². The van der Waals surface area contributed by atoms with Crippen LogP contribution >= 0.6 is 0 Å². The summed E-state index contributed by atoms with van der Waals surface area (Å²) in [6.07, 6.45) is 2.15. The Bertz CT molecular complexity index is 517. The summed E-state index contributed by atoms with van der Waals surface area (Å²) in [4.78, 5) is 11.0. The van der Waals surface area contributed by atoms with E-state index in [1.807, 2.05) is 12.1 Å². The molecular weight excluding hydrogens is 212 g/mol. The molecule has 2 aromatic rings. The number of benzene rings is 2. The van der Waals surface area contributed by atoms with Crippen molar-refractivity contribution >= 4 is 16.6 Å². The normalized spacial score (nSPS) is 10.6. The fourth-order valence-corrected chi connectivity index (χ4v) is 1.96. The topological polar surface area (TPSA) is 37.3 Å². The first-order valence-corrected chi connectivity index (χ1v) is 5.90. The van der Waals surface area contributed by atoms with Crippen LogP contribution in [0, 0.1) is 0 Å². The highest BCUT2D eigenvalue weighted by Gasteiger charge is 2.00. The SMILES string of the molecule is O=C(CO)CCCc1ccc2ccccc2c1. The summed E-state index contributed by atoms with van der Waals surface area (Å²) in [5, 5.41) is 11.1. The summed E-state index contributed by atoms with van der Waals surface area (Å²) in [6.45, 7) is -0.336. The molecule has 2 aromatic carbocycles. The predicted octanol–water partition coefficient (Wildman–Crippen LogP) is 2.72. The van der Waals surface area contributed by atoms with Gasteiger partial charge in [0.05, 0.1) is 0 Å². The molecule has 0 aliphatic rings. The van der Waals surface area contributed by atoms with Crippen LogP contribution in [0.25, 0.3) is 10.8 Å². The Labute approximate surface area is 101 Å². The van der Waals surface area contributed by atoms with E-state index in [-0.39, 0.29) is 12.4 Å². The van der Waals surface area contributed by atoms with Crippen molar-refractivity contribution in [3.63, 3.8) is 0 Å². The van der Waals surface area contributed by atoms with Crippen molar-refractivity contribution in [2.75, 3.05) is 6.61 Å². The van der Waals surface area contributed by atoms with Crippen LogP contribution in [0.3, 0.4) is 0 Å². The van der Waals surface area contributed by atoms with Gasteiger partial charge in [0, 0.05) is 6.42 Å². The van der Waals surface area contributed by atoms with E-state index in [0.29, 0.717) is 6.42 Å². The van der Waals surface area contributed by atoms with Gasteiger partial charge in [-0.15, -0.1) is 0 Å². The first-order valence-electron chi connectivity index (χ1n) is 5.90. The molecule has 0 atom stereocenters. The Balaban J connectivity index is 2.02. The number of ketones is 1. The van der Waals surface area contributed by atoms with E-state index >= 15 is 0 Å². The number of carbonyl (C=O) groups excluding carboxylic acids is 1. The average molecular weight is 228 g/mol. The second-order valence-corrected chi connectivity index (χ2v) is 4.23. The molecule has 0 saturated heterocycles. The summed E-state index contributed by atoms with van der Waals surface area (Å²) in [6, 6.07) is 14.6. The minimum absolute atomic E-state index is 0.0780. The standard InChI is InChI=1S/C15H16O2/c16-11-15(17)7-3-4-12-8-9-13-5-1-2-6-14(13)10-12/h1-2,5-6,8-10,16H,3-4,7,11H2. The number of hydrogen-bond acceptors (Lipinski definition) is 2. The van der Waals surface area contributed by atoms with Gasteiger partial charge < -0.3 is 5.11 Å². The van der Waals surface area contributed by atoms with Crippen molar-refractivity contribution in [1.82, 2.24) is 0 Å². The number of hydrogen-bond donors (Lipinski definition) is 1. The molecule has 0 aromatic heterocycles. The highest BCUT2D eigenvalue weighted by molar-refractivity contribution is 5.83. The molecule has 0 aliphatic heterocycles. The smallest absolute Gasteiger partial charge is 0.158 e. The summed E-state index contributed by atoms with van der Waals surface area (Å²) >= 11 is 0. The molecule has 0 amide bonds. The van der Waals surface area contributed by atoms with Crippen LogP contribution in [0.2, 0.25) is 0 Å². The molecule has 0 unspecified atom stereocenters. The van der Waals surface area contributed by atoms with Crippen LogP contribution in [0.1, 0.15) is 18.4 Å². The molecule has 1 N–H and O–H groups in total. The van der Waals surface area contributed by atoms with Gasteiger partial charge in [-0.2, -0.15) is 0 Å². The second-order valence-electron chi connectivity index (χ2n) is 4.23. The van der Waals surface area contributed by atoms with Crippen LogP contribution in [-0.2, 0) is 11.2 Å². The number of aryl methyl sites for hydroxylation is 1. The van der Waals surface area contributed by atoms with E-state index in [0.717, 1.165) is 12.8 Å². The molecule has 0 bridgehead atoms. The Morgan fingerprint density at radius 3 is 2.59 bits per heavy atom. The third-order valence-corrected chi connectivity index (χ3v) is 2.91. The zero-order valence-electron chi connectivity index (χ0n) is 9.73. The number of aliphatic hydroxyl groups is 1. The quantitative estimate of drug-likeness (QED) is 0.854. The monoisotopic (exact) mass is 228 g/mol. The summed E-state index contributed by atoms with van der Waals surface area (Å²) in [5.74, 6) is -0.0780. The molecule has 2 nitrogen and oxygen atoms in total. The van der Waals surface area contributed by atoms with Crippen LogP contribution in [-0.4, -0.2) is 17.5 Å². The molecule has 2 rings (SSSR count). The van der Waals surface area contributed by atoms with E-state index < -0.39 is 0 Å². The van der Waals surface area contributed by atoms with Gasteiger partial charge in [0.15, 0.2) is 5.78 Å². The molecule has 88 valence electrons. The van der Waals surface area contributed by atoms with Crippen molar-refractivity contribution in [1.29, 1.82) is 0 Å². The van der Waals surface area contributed by atoms with E-state index in [1.54, 1.807) is 0 Å². The van der Waals surface area contributed by atoms with Gasteiger partial charge in [0.25, 0.3) is 0 Å². The molecule has 0 radical (unpaired) electrons. The van der Waals surface area contributed by atoms with Gasteiger partial charge in [-0.25, -0.2) is 0 Å². The van der Waals surface area contributed by atoms with Crippen molar-refractivity contribution in [3.8, 4) is 0 Å². The molecule has 0 aliphatic carbocycles. The average Bonchev–Trinajstić information content (AvgIpc) is 2.38. The molecule has 17 heavy (non-hydrogen) atoms. The van der Waals surface area contributed by atoms with Crippen LogP contribution in [0.4, 0.5) is 0 Å². The number of rotatable bonds is 5. The predicted molar refractivity (Wildman–Crippen MR) is 69.0 cm³/mol. The van der Waals surface area contributed by atoms with E-state index in [9.17, 15) is 4.79 Å². The third kappa shape index (κ3) is 3.14. The Morgan fingerprint density at radius 2 is 1.82 bits per heavy atom. The van der Waals surface area contributed by atoms with Gasteiger partial charge >= 0.3 is 0 Å². The number of aliphatic hydroxyl groups excluding tert-OH is 1. The molecule has 0 spiro atoms. The molecule has 0 fully saturated rings. The van der Waals surface area contributed by atoms with Gasteiger partial charge in [-0.1, -0.05) is 42.5 Å². The van der Waals surface area contributed by atoms with Crippen molar-refractivity contribution in [2.45, 2.75) is 19.3 Å². The van der Waals surface area contributed by atoms with Gasteiger partial charge in [0.2, 0.25) is 0 Å². The minimum Gasteiger partial charge on any atom is -0.389 e. The molecule has 0 heterocycles. The lowest BCUT2D eigenvalue weighted by Gasteiger charge is -2.03. The maximum atomic E-state index is 11.0. The molecular formula is C15H16O2. The first-order chi connectivity index (χ1) is 8.29. The summed E-state index contributed by atoms with van der Waals surface area (Å²) in [5.41, 5.74) is 1.24. The molecule has 2 heteroatoms.